The van der Waals surface area contributed by atoms with Crippen molar-refractivity contribution in [3.8, 4) is 0 Å². The lowest BCUT2D eigenvalue weighted by atomic mass is 9.82. The lowest BCUT2D eigenvalue weighted by molar-refractivity contribution is -0.127. The third-order valence-corrected chi connectivity index (χ3v) is 2.65. The second-order valence-electron chi connectivity index (χ2n) is 3.64. The van der Waals surface area contributed by atoms with Gasteiger partial charge in [0.15, 0.2) is 11.9 Å². The highest BCUT2D eigenvalue weighted by Crippen LogP contribution is 2.30. The Morgan fingerprint density at radius 1 is 1.43 bits per heavy atom. The van der Waals surface area contributed by atoms with Gasteiger partial charge in [0, 0.05) is 5.57 Å². The Hall–Kier alpha value is -1.35. The van der Waals surface area contributed by atoms with Crippen molar-refractivity contribution in [1.29, 1.82) is 0 Å². The summed E-state index contributed by atoms with van der Waals surface area (Å²) in [7, 11) is 0. The van der Waals surface area contributed by atoms with Gasteiger partial charge in [-0.15, -0.1) is 0 Å². The van der Waals surface area contributed by atoms with Gasteiger partial charge in [-0.2, -0.15) is 0 Å². The molecule has 0 aliphatic heterocycles. The minimum atomic E-state index is -1.26. The summed E-state index contributed by atoms with van der Waals surface area (Å²) in [5, 5.41) is 18.2. The van der Waals surface area contributed by atoms with Crippen molar-refractivity contribution in [1.82, 2.24) is 0 Å². The standard InChI is InChI=1S/C11H12O3/c12-9-8(10(13)11(9)14)6-7-4-2-1-3-5-7/h1-4,7,11-12,14H,5-6H2/t7-,11?/m0/s1. The Morgan fingerprint density at radius 3 is 2.79 bits per heavy atom. The molecule has 3 nitrogen and oxygen atoms in total. The summed E-state index contributed by atoms with van der Waals surface area (Å²) in [4.78, 5) is 11.1. The van der Waals surface area contributed by atoms with Crippen LogP contribution in [-0.2, 0) is 4.79 Å². The second-order valence-corrected chi connectivity index (χ2v) is 3.64. The smallest absolute Gasteiger partial charge is 0.198 e. The minimum absolute atomic E-state index is 0.141. The first-order valence-corrected chi connectivity index (χ1v) is 4.67. The van der Waals surface area contributed by atoms with Crippen LogP contribution in [0.25, 0.3) is 0 Å². The number of hydrogen-bond donors (Lipinski definition) is 2. The van der Waals surface area contributed by atoms with E-state index >= 15 is 0 Å². The van der Waals surface area contributed by atoms with Crippen LogP contribution in [0, 0.1) is 5.92 Å². The second kappa shape index (κ2) is 3.42. The highest BCUT2D eigenvalue weighted by atomic mass is 16.3. The maximum atomic E-state index is 11.1. The molecule has 0 aromatic carbocycles. The van der Waals surface area contributed by atoms with Gasteiger partial charge in [0.1, 0.15) is 5.76 Å². The van der Waals surface area contributed by atoms with E-state index in [4.69, 9.17) is 5.11 Å². The van der Waals surface area contributed by atoms with Crippen molar-refractivity contribution >= 4 is 5.78 Å². The summed E-state index contributed by atoms with van der Waals surface area (Å²) in [6, 6.07) is 0. The van der Waals surface area contributed by atoms with E-state index in [9.17, 15) is 9.90 Å². The fraction of sp³-hybridized carbons (Fsp3) is 0.364. The van der Waals surface area contributed by atoms with Gasteiger partial charge in [-0.25, -0.2) is 0 Å². The molecule has 0 heterocycles. The van der Waals surface area contributed by atoms with Gasteiger partial charge >= 0.3 is 0 Å². The van der Waals surface area contributed by atoms with Gasteiger partial charge in [0.2, 0.25) is 0 Å². The molecule has 3 heteroatoms. The molecule has 1 unspecified atom stereocenters. The van der Waals surface area contributed by atoms with Crippen LogP contribution in [0.1, 0.15) is 12.8 Å². The predicted molar refractivity (Wildman–Crippen MR) is 51.7 cm³/mol. The average molecular weight is 192 g/mol. The molecule has 2 N–H and O–H groups in total. The molecule has 14 heavy (non-hydrogen) atoms. The highest BCUT2D eigenvalue weighted by molar-refractivity contribution is 6.07. The normalized spacial score (nSPS) is 30.8. The molecular weight excluding hydrogens is 180 g/mol. The Morgan fingerprint density at radius 2 is 2.21 bits per heavy atom. The highest BCUT2D eigenvalue weighted by Gasteiger charge is 2.38. The zero-order valence-corrected chi connectivity index (χ0v) is 7.68. The van der Waals surface area contributed by atoms with Crippen molar-refractivity contribution in [3.05, 3.63) is 35.6 Å². The molecule has 2 rings (SSSR count). The fourth-order valence-corrected chi connectivity index (χ4v) is 1.75. The summed E-state index contributed by atoms with van der Waals surface area (Å²) in [6.45, 7) is 0. The van der Waals surface area contributed by atoms with Crippen LogP contribution in [0.2, 0.25) is 0 Å². The van der Waals surface area contributed by atoms with Gasteiger partial charge in [-0.3, -0.25) is 4.79 Å². The topological polar surface area (TPSA) is 57.5 Å². The van der Waals surface area contributed by atoms with Gasteiger partial charge in [-0.1, -0.05) is 24.3 Å². The van der Waals surface area contributed by atoms with E-state index in [1.807, 2.05) is 24.3 Å². The molecule has 2 aliphatic carbocycles. The minimum Gasteiger partial charge on any atom is -0.509 e. The first-order valence-electron chi connectivity index (χ1n) is 4.67. The third kappa shape index (κ3) is 1.40. The van der Waals surface area contributed by atoms with E-state index < -0.39 is 6.10 Å². The molecule has 0 radical (unpaired) electrons. The van der Waals surface area contributed by atoms with Crippen molar-refractivity contribution < 1.29 is 15.0 Å². The Kier molecular flexibility index (Phi) is 2.25. The maximum absolute atomic E-state index is 11.1. The monoisotopic (exact) mass is 192 g/mol. The van der Waals surface area contributed by atoms with Crippen LogP contribution in [0.3, 0.4) is 0 Å². The summed E-state index contributed by atoms with van der Waals surface area (Å²) in [5.74, 6) is -0.197. The summed E-state index contributed by atoms with van der Waals surface area (Å²) >= 11 is 0. The molecule has 0 saturated heterocycles. The Bertz CT molecular complexity index is 350. The number of carbonyl (C=O) groups excluding carboxylic acids is 1. The summed E-state index contributed by atoms with van der Waals surface area (Å²) in [5.41, 5.74) is 0.391. The van der Waals surface area contributed by atoms with Crippen LogP contribution >= 0.6 is 0 Å². The average Bonchev–Trinajstić information content (AvgIpc) is 2.26. The molecule has 74 valence electrons. The van der Waals surface area contributed by atoms with Crippen molar-refractivity contribution in [2.24, 2.45) is 5.92 Å². The number of rotatable bonds is 2. The van der Waals surface area contributed by atoms with E-state index in [1.165, 1.54) is 0 Å². The first kappa shape index (κ1) is 9.21. The molecule has 0 bridgehead atoms. The Labute approximate surface area is 82.1 Å². The SMILES string of the molecule is O=C1C(C[C@H]2C=CC=CC2)=C(O)C1O. The number of carbonyl (C=O) groups is 1. The quantitative estimate of drug-likeness (QED) is 0.692. The van der Waals surface area contributed by atoms with E-state index in [1.54, 1.807) is 0 Å². The molecule has 2 atom stereocenters. The van der Waals surface area contributed by atoms with Crippen molar-refractivity contribution in [3.63, 3.8) is 0 Å². The van der Waals surface area contributed by atoms with Gasteiger partial charge in [0.05, 0.1) is 0 Å². The van der Waals surface area contributed by atoms with E-state index in [-0.39, 0.29) is 17.5 Å². The van der Waals surface area contributed by atoms with Crippen molar-refractivity contribution in [2.75, 3.05) is 0 Å². The zero-order chi connectivity index (χ0) is 10.1. The van der Waals surface area contributed by atoms with E-state index in [0.717, 1.165) is 6.42 Å². The number of aliphatic hydroxyl groups is 2. The number of hydrogen-bond acceptors (Lipinski definition) is 3. The third-order valence-electron chi connectivity index (χ3n) is 2.65. The number of ketones is 1. The lowest BCUT2D eigenvalue weighted by Crippen LogP contribution is -2.37. The molecule has 0 saturated carbocycles. The predicted octanol–water partition coefficient (Wildman–Crippen LogP) is 1.26. The van der Waals surface area contributed by atoms with E-state index in [2.05, 4.69) is 0 Å². The van der Waals surface area contributed by atoms with E-state index in [0.29, 0.717) is 12.0 Å². The fourth-order valence-electron chi connectivity index (χ4n) is 1.75. The maximum Gasteiger partial charge on any atom is 0.198 e. The molecular formula is C11H12O3. The number of allylic oxidation sites excluding steroid dienone is 4. The van der Waals surface area contributed by atoms with Crippen LogP contribution in [0.15, 0.2) is 35.6 Å². The van der Waals surface area contributed by atoms with Gasteiger partial charge in [-0.05, 0) is 18.8 Å². The molecule has 0 spiro atoms. The van der Waals surface area contributed by atoms with Crippen LogP contribution in [0.4, 0.5) is 0 Å². The summed E-state index contributed by atoms with van der Waals surface area (Å²) < 4.78 is 0. The first-order chi connectivity index (χ1) is 6.70. The van der Waals surface area contributed by atoms with Crippen LogP contribution < -0.4 is 0 Å². The molecule has 2 aliphatic rings. The molecule has 0 aromatic heterocycles. The lowest BCUT2D eigenvalue weighted by Gasteiger charge is -2.25. The number of Topliss-reactive ketones (excluding diaryl/α,β-unsaturated/α-hetero) is 1. The molecule has 0 aromatic rings. The van der Waals surface area contributed by atoms with Gasteiger partial charge in [0.25, 0.3) is 0 Å². The van der Waals surface area contributed by atoms with Crippen LogP contribution in [0.5, 0.6) is 0 Å². The van der Waals surface area contributed by atoms with Gasteiger partial charge < -0.3 is 10.2 Å². The largest absolute Gasteiger partial charge is 0.509 e. The molecule has 0 amide bonds. The summed E-state index contributed by atoms with van der Waals surface area (Å²) in [6.07, 6.45) is 8.10. The van der Waals surface area contributed by atoms with Crippen LogP contribution in [-0.4, -0.2) is 22.1 Å². The zero-order valence-electron chi connectivity index (χ0n) is 7.68. The van der Waals surface area contributed by atoms with Crippen molar-refractivity contribution in [2.45, 2.75) is 18.9 Å². The Balaban J connectivity index is 2.02. The molecule has 0 fully saturated rings. The number of aliphatic hydroxyl groups excluding tert-OH is 2.